The Hall–Kier alpha value is -3.58. The number of furan rings is 1. The van der Waals surface area contributed by atoms with Crippen LogP contribution in [-0.4, -0.2) is 27.4 Å². The summed E-state index contributed by atoms with van der Waals surface area (Å²) in [6, 6.07) is 20.1. The molecule has 2 heterocycles. The number of benzene rings is 2. The van der Waals surface area contributed by atoms with Crippen LogP contribution in [0, 0.1) is 6.92 Å². The van der Waals surface area contributed by atoms with Crippen molar-refractivity contribution in [1.82, 2.24) is 15.0 Å². The van der Waals surface area contributed by atoms with Gasteiger partial charge in [0.1, 0.15) is 5.76 Å². The van der Waals surface area contributed by atoms with Crippen molar-refractivity contribution in [3.63, 3.8) is 0 Å². The van der Waals surface area contributed by atoms with Gasteiger partial charge >= 0.3 is 0 Å². The average molecular weight is 431 g/mol. The van der Waals surface area contributed by atoms with E-state index < -0.39 is 0 Å². The fraction of sp³-hybridized carbons (Fsp3) is 0.125. The molecule has 0 saturated heterocycles. The summed E-state index contributed by atoms with van der Waals surface area (Å²) in [5.74, 6) is 0.749. The maximum atomic E-state index is 12.2. The molecule has 156 valence electrons. The lowest BCUT2D eigenvalue weighted by molar-refractivity contribution is -0.118. The minimum Gasteiger partial charge on any atom is -0.465 e. The Morgan fingerprint density at radius 3 is 2.81 bits per heavy atom. The summed E-state index contributed by atoms with van der Waals surface area (Å²) in [5, 5.41) is 4.73. The Labute approximate surface area is 184 Å². The van der Waals surface area contributed by atoms with Crippen molar-refractivity contribution in [3.8, 4) is 0 Å². The molecule has 2 aromatic carbocycles. The Bertz CT molecular complexity index is 1210. The molecule has 1 amide bonds. The maximum Gasteiger partial charge on any atom is 0.250 e. The number of amides is 1. The molecule has 0 bridgehead atoms. The fourth-order valence-electron chi connectivity index (χ4n) is 3.03. The number of fused-ring (bicyclic) bond motifs is 1. The average Bonchev–Trinajstić information content (AvgIpc) is 3.42. The molecule has 4 aromatic rings. The van der Waals surface area contributed by atoms with E-state index in [9.17, 15) is 4.79 Å². The number of aromatic nitrogens is 2. The van der Waals surface area contributed by atoms with E-state index in [0.29, 0.717) is 6.54 Å². The number of hydrazone groups is 1. The summed E-state index contributed by atoms with van der Waals surface area (Å²) >= 11 is 1.40. The second-order valence-corrected chi connectivity index (χ2v) is 7.87. The number of carbonyl (C=O) groups excluding carboxylic acids is 1. The molecule has 0 aliphatic heterocycles. The number of carbonyl (C=O) groups is 1. The number of imidazole rings is 1. The van der Waals surface area contributed by atoms with Gasteiger partial charge in [0.25, 0.3) is 5.91 Å². The van der Waals surface area contributed by atoms with E-state index in [1.807, 2.05) is 30.3 Å². The second-order valence-electron chi connectivity index (χ2n) is 6.93. The minimum absolute atomic E-state index is 0.193. The molecule has 0 unspecified atom stereocenters. The Morgan fingerprint density at radius 2 is 2.00 bits per heavy atom. The summed E-state index contributed by atoms with van der Waals surface area (Å²) in [5.41, 5.74) is 6.91. The van der Waals surface area contributed by atoms with Crippen LogP contribution in [0.5, 0.6) is 0 Å². The highest BCUT2D eigenvalue weighted by atomic mass is 32.2. The quantitative estimate of drug-likeness (QED) is 0.245. The van der Waals surface area contributed by atoms with Crippen molar-refractivity contribution in [1.29, 1.82) is 0 Å². The van der Waals surface area contributed by atoms with Gasteiger partial charge in [0, 0.05) is 6.21 Å². The molecular weight excluding hydrogens is 408 g/mol. The van der Waals surface area contributed by atoms with Gasteiger partial charge in [-0.1, -0.05) is 53.7 Å². The Morgan fingerprint density at radius 1 is 1.16 bits per heavy atom. The van der Waals surface area contributed by atoms with E-state index in [1.165, 1.54) is 29.1 Å². The van der Waals surface area contributed by atoms with Gasteiger partial charge in [0.15, 0.2) is 5.16 Å². The molecule has 31 heavy (non-hydrogen) atoms. The van der Waals surface area contributed by atoms with E-state index in [4.69, 9.17) is 9.40 Å². The molecule has 0 aliphatic rings. The Kier molecular flexibility index (Phi) is 6.64. The SMILES string of the molecule is Cc1ccc(Cn2c(SCC(=O)NN=CC=Cc3ccco3)nc3ccccc32)cc1. The highest BCUT2D eigenvalue weighted by Crippen LogP contribution is 2.25. The van der Waals surface area contributed by atoms with Crippen LogP contribution in [0.15, 0.2) is 87.7 Å². The van der Waals surface area contributed by atoms with Crippen molar-refractivity contribution in [3.05, 3.63) is 89.9 Å². The molecule has 1 N–H and O–H groups in total. The number of para-hydroxylation sites is 2. The zero-order chi connectivity index (χ0) is 21.5. The summed E-state index contributed by atoms with van der Waals surface area (Å²) in [6.45, 7) is 2.77. The van der Waals surface area contributed by atoms with Crippen LogP contribution in [0.4, 0.5) is 0 Å². The largest absolute Gasteiger partial charge is 0.465 e. The topological polar surface area (TPSA) is 72.4 Å². The number of nitrogens with one attached hydrogen (secondary N) is 1. The first-order valence-corrected chi connectivity index (χ1v) is 10.8. The molecular formula is C24H22N4O2S. The van der Waals surface area contributed by atoms with Gasteiger partial charge in [-0.15, -0.1) is 0 Å². The minimum atomic E-state index is -0.193. The molecule has 4 rings (SSSR count). The van der Waals surface area contributed by atoms with Crippen LogP contribution < -0.4 is 5.43 Å². The number of hydrogen-bond donors (Lipinski definition) is 1. The van der Waals surface area contributed by atoms with Crippen LogP contribution in [0.1, 0.15) is 16.9 Å². The third kappa shape index (κ3) is 5.52. The van der Waals surface area contributed by atoms with Gasteiger partial charge in [-0.2, -0.15) is 5.10 Å². The van der Waals surface area contributed by atoms with E-state index in [2.05, 4.69) is 52.3 Å². The molecule has 0 fully saturated rings. The van der Waals surface area contributed by atoms with Crippen molar-refractivity contribution >= 4 is 41.0 Å². The second kappa shape index (κ2) is 9.95. The first kappa shape index (κ1) is 20.7. The first-order valence-electron chi connectivity index (χ1n) is 9.85. The van der Waals surface area contributed by atoms with Crippen molar-refractivity contribution < 1.29 is 9.21 Å². The van der Waals surface area contributed by atoms with Gasteiger partial charge in [-0.3, -0.25) is 4.79 Å². The standard InChI is InChI=1S/C24H22N4O2S/c1-18-10-12-19(13-11-18)16-28-22-9-3-2-8-21(22)26-24(28)31-17-23(29)27-25-14-4-6-20-7-5-15-30-20/h2-15H,16-17H2,1H3,(H,27,29). The van der Waals surface area contributed by atoms with Crippen LogP contribution in [0.2, 0.25) is 0 Å². The van der Waals surface area contributed by atoms with Gasteiger partial charge in [0.05, 0.1) is 29.6 Å². The van der Waals surface area contributed by atoms with E-state index in [-0.39, 0.29) is 11.7 Å². The molecule has 0 atom stereocenters. The number of rotatable bonds is 8. The number of thioether (sulfide) groups is 1. The lowest BCUT2D eigenvalue weighted by Crippen LogP contribution is -2.19. The highest BCUT2D eigenvalue weighted by molar-refractivity contribution is 7.99. The molecule has 0 radical (unpaired) electrons. The number of allylic oxidation sites excluding steroid dienone is 1. The summed E-state index contributed by atoms with van der Waals surface area (Å²) in [4.78, 5) is 16.9. The maximum absolute atomic E-state index is 12.2. The third-order valence-corrected chi connectivity index (χ3v) is 5.54. The highest BCUT2D eigenvalue weighted by Gasteiger charge is 2.13. The van der Waals surface area contributed by atoms with Crippen LogP contribution in [0.25, 0.3) is 17.1 Å². The zero-order valence-corrected chi connectivity index (χ0v) is 17.9. The predicted molar refractivity (Wildman–Crippen MR) is 125 cm³/mol. The molecule has 0 saturated carbocycles. The molecule has 6 nitrogen and oxygen atoms in total. The molecule has 2 aromatic heterocycles. The predicted octanol–water partition coefficient (Wildman–Crippen LogP) is 4.89. The van der Waals surface area contributed by atoms with E-state index in [0.717, 1.165) is 22.0 Å². The number of aryl methyl sites for hydroxylation is 1. The van der Waals surface area contributed by atoms with Gasteiger partial charge < -0.3 is 8.98 Å². The van der Waals surface area contributed by atoms with Crippen molar-refractivity contribution in [2.75, 3.05) is 5.75 Å². The lowest BCUT2D eigenvalue weighted by Gasteiger charge is -2.09. The van der Waals surface area contributed by atoms with Gasteiger partial charge in [-0.05, 0) is 48.9 Å². The summed E-state index contributed by atoms with van der Waals surface area (Å²) < 4.78 is 7.33. The summed E-state index contributed by atoms with van der Waals surface area (Å²) in [7, 11) is 0. The molecule has 0 aliphatic carbocycles. The fourth-order valence-corrected chi connectivity index (χ4v) is 3.84. The van der Waals surface area contributed by atoms with Crippen LogP contribution in [-0.2, 0) is 11.3 Å². The number of hydrogen-bond acceptors (Lipinski definition) is 5. The van der Waals surface area contributed by atoms with E-state index >= 15 is 0 Å². The molecule has 0 spiro atoms. The van der Waals surface area contributed by atoms with Crippen LogP contribution in [0.3, 0.4) is 0 Å². The van der Waals surface area contributed by atoms with Crippen molar-refractivity contribution in [2.24, 2.45) is 5.10 Å². The number of nitrogens with zero attached hydrogens (tertiary/aromatic N) is 3. The smallest absolute Gasteiger partial charge is 0.250 e. The van der Waals surface area contributed by atoms with Gasteiger partial charge in [-0.25, -0.2) is 10.4 Å². The third-order valence-electron chi connectivity index (χ3n) is 4.57. The summed E-state index contributed by atoms with van der Waals surface area (Å²) in [6.07, 6.45) is 6.57. The first-order chi connectivity index (χ1) is 15.2. The monoisotopic (exact) mass is 430 g/mol. The zero-order valence-electron chi connectivity index (χ0n) is 17.1. The lowest BCUT2D eigenvalue weighted by atomic mass is 10.1. The van der Waals surface area contributed by atoms with Gasteiger partial charge in [0.2, 0.25) is 0 Å². The van der Waals surface area contributed by atoms with E-state index in [1.54, 1.807) is 18.4 Å². The normalized spacial score (nSPS) is 11.6. The Balaban J connectivity index is 1.40. The molecule has 7 heteroatoms. The van der Waals surface area contributed by atoms with Crippen LogP contribution >= 0.6 is 11.8 Å². The van der Waals surface area contributed by atoms with Crippen molar-refractivity contribution in [2.45, 2.75) is 18.6 Å².